The molecule has 0 aliphatic rings. The molecule has 17 heavy (non-hydrogen) atoms. The first-order valence-electron chi connectivity index (χ1n) is 4.87. The van der Waals surface area contributed by atoms with E-state index in [9.17, 15) is 22.4 Å². The van der Waals surface area contributed by atoms with Gasteiger partial charge < -0.3 is 5.32 Å². The lowest BCUT2D eigenvalue weighted by Crippen LogP contribution is -2.45. The number of hydrogen-bond acceptors (Lipinski definition) is 1. The van der Waals surface area contributed by atoms with Crippen molar-refractivity contribution in [2.75, 3.05) is 0 Å². The number of benzene rings is 1. The Morgan fingerprint density at radius 3 is 2.24 bits per heavy atom. The summed E-state index contributed by atoms with van der Waals surface area (Å²) in [5, 5.41) is 1.85. The summed E-state index contributed by atoms with van der Waals surface area (Å²) in [5.41, 5.74) is 0.561. The first kappa shape index (κ1) is 13.5. The van der Waals surface area contributed by atoms with Crippen LogP contribution in [0.4, 0.5) is 17.6 Å². The minimum Gasteiger partial charge on any atom is -0.344 e. The fourth-order valence-corrected chi connectivity index (χ4v) is 1.22. The highest BCUT2D eigenvalue weighted by Gasteiger charge is 2.49. The summed E-state index contributed by atoms with van der Waals surface area (Å²) < 4.78 is 49.1. The van der Waals surface area contributed by atoms with Crippen molar-refractivity contribution in [1.82, 2.24) is 5.32 Å². The van der Waals surface area contributed by atoms with Gasteiger partial charge in [-0.05, 0) is 12.5 Å². The summed E-state index contributed by atoms with van der Waals surface area (Å²) in [6, 6.07) is 7.48. The summed E-state index contributed by atoms with van der Waals surface area (Å²) >= 11 is 0. The maximum absolute atomic E-state index is 12.7. The van der Waals surface area contributed by atoms with Crippen molar-refractivity contribution < 1.29 is 22.4 Å². The van der Waals surface area contributed by atoms with E-state index in [1.54, 1.807) is 30.3 Å². The molecule has 0 aliphatic carbocycles. The lowest BCUT2D eigenvalue weighted by Gasteiger charge is -2.19. The van der Waals surface area contributed by atoms with E-state index >= 15 is 0 Å². The predicted octanol–water partition coefficient (Wildman–Crippen LogP) is 2.76. The molecule has 1 aromatic rings. The number of alkyl halides is 4. The SMILES string of the molecule is C[C@@H](NC(=O)C(F)(F)C(F)F)c1ccccc1. The number of nitrogens with one attached hydrogen (secondary N) is 1. The highest BCUT2D eigenvalue weighted by molar-refractivity contribution is 5.84. The fraction of sp³-hybridized carbons (Fsp3) is 0.364. The smallest absolute Gasteiger partial charge is 0.344 e. The molecule has 0 heterocycles. The summed E-state index contributed by atoms with van der Waals surface area (Å²) in [7, 11) is 0. The van der Waals surface area contributed by atoms with Crippen LogP contribution in [0.15, 0.2) is 30.3 Å². The minimum absolute atomic E-state index is 0.561. The van der Waals surface area contributed by atoms with Crippen molar-refractivity contribution in [2.45, 2.75) is 25.3 Å². The summed E-state index contributed by atoms with van der Waals surface area (Å²) in [4.78, 5) is 10.9. The molecular weight excluding hydrogens is 238 g/mol. The van der Waals surface area contributed by atoms with Crippen molar-refractivity contribution in [3.63, 3.8) is 0 Å². The highest BCUT2D eigenvalue weighted by atomic mass is 19.3. The van der Waals surface area contributed by atoms with E-state index < -0.39 is 24.3 Å². The van der Waals surface area contributed by atoms with E-state index in [-0.39, 0.29) is 0 Å². The lowest BCUT2D eigenvalue weighted by atomic mass is 10.1. The number of amides is 1. The van der Waals surface area contributed by atoms with Crippen molar-refractivity contribution in [3.8, 4) is 0 Å². The molecule has 94 valence electrons. The minimum atomic E-state index is -4.66. The van der Waals surface area contributed by atoms with Crippen LogP contribution in [0.3, 0.4) is 0 Å². The Bertz CT molecular complexity index is 380. The monoisotopic (exact) mass is 249 g/mol. The molecule has 1 N–H and O–H groups in total. The van der Waals surface area contributed by atoms with E-state index in [1.165, 1.54) is 6.92 Å². The molecule has 0 radical (unpaired) electrons. The molecule has 0 saturated heterocycles. The second kappa shape index (κ2) is 5.16. The van der Waals surface area contributed by atoms with Crippen LogP contribution in [-0.4, -0.2) is 18.3 Å². The van der Waals surface area contributed by atoms with Crippen LogP contribution in [-0.2, 0) is 4.79 Å². The van der Waals surface area contributed by atoms with Gasteiger partial charge in [0.05, 0.1) is 6.04 Å². The molecule has 2 nitrogen and oxygen atoms in total. The van der Waals surface area contributed by atoms with Crippen molar-refractivity contribution in [2.24, 2.45) is 0 Å². The fourth-order valence-electron chi connectivity index (χ4n) is 1.22. The van der Waals surface area contributed by atoms with Gasteiger partial charge in [-0.3, -0.25) is 4.79 Å². The maximum atomic E-state index is 12.7. The third-order valence-electron chi connectivity index (χ3n) is 2.22. The number of hydrogen-bond donors (Lipinski definition) is 1. The largest absolute Gasteiger partial charge is 0.383 e. The normalized spacial score (nSPS) is 13.5. The highest BCUT2D eigenvalue weighted by Crippen LogP contribution is 2.24. The number of halogens is 4. The van der Waals surface area contributed by atoms with Gasteiger partial charge in [0.15, 0.2) is 0 Å². The van der Waals surface area contributed by atoms with Crippen molar-refractivity contribution in [3.05, 3.63) is 35.9 Å². The zero-order chi connectivity index (χ0) is 13.1. The van der Waals surface area contributed by atoms with Gasteiger partial charge in [-0.2, -0.15) is 8.78 Å². The second-order valence-electron chi connectivity index (χ2n) is 3.53. The molecular formula is C11H11F4NO. The van der Waals surface area contributed by atoms with Gasteiger partial charge in [0.2, 0.25) is 0 Å². The quantitative estimate of drug-likeness (QED) is 0.817. The van der Waals surface area contributed by atoms with Crippen LogP contribution in [0.5, 0.6) is 0 Å². The van der Waals surface area contributed by atoms with Crippen molar-refractivity contribution in [1.29, 1.82) is 0 Å². The molecule has 0 bridgehead atoms. The van der Waals surface area contributed by atoms with Gasteiger partial charge in [0.25, 0.3) is 5.91 Å². The molecule has 0 fully saturated rings. The van der Waals surface area contributed by atoms with Crippen LogP contribution in [0.25, 0.3) is 0 Å². The number of carbonyl (C=O) groups excluding carboxylic acids is 1. The van der Waals surface area contributed by atoms with Crippen molar-refractivity contribution >= 4 is 5.91 Å². The molecule has 0 unspecified atom stereocenters. The van der Waals surface area contributed by atoms with Gasteiger partial charge >= 0.3 is 12.3 Å². The van der Waals surface area contributed by atoms with Gasteiger partial charge in [-0.1, -0.05) is 30.3 Å². The Hall–Kier alpha value is -1.59. The van der Waals surface area contributed by atoms with E-state index in [0.29, 0.717) is 5.56 Å². The first-order valence-corrected chi connectivity index (χ1v) is 4.87. The molecule has 0 saturated carbocycles. The molecule has 1 aromatic carbocycles. The second-order valence-corrected chi connectivity index (χ2v) is 3.53. The van der Waals surface area contributed by atoms with E-state index in [0.717, 1.165) is 0 Å². The predicted molar refractivity (Wildman–Crippen MR) is 54.0 cm³/mol. The van der Waals surface area contributed by atoms with Crippen LogP contribution in [0.1, 0.15) is 18.5 Å². The summed E-state index contributed by atoms with van der Waals surface area (Å²) in [6.45, 7) is 1.44. The van der Waals surface area contributed by atoms with Gasteiger partial charge in [-0.15, -0.1) is 0 Å². The zero-order valence-electron chi connectivity index (χ0n) is 8.96. The average molecular weight is 249 g/mol. The molecule has 1 rings (SSSR count). The number of rotatable bonds is 4. The van der Waals surface area contributed by atoms with Gasteiger partial charge in [-0.25, -0.2) is 8.78 Å². The first-order chi connectivity index (χ1) is 7.85. The summed E-state index contributed by atoms with van der Waals surface area (Å²) in [6.07, 6.45) is -4.01. The molecule has 0 aliphatic heterocycles. The standard InChI is InChI=1S/C11H11F4NO/c1-7(8-5-3-2-4-6-8)16-10(17)11(14,15)9(12)13/h2-7,9H,1H3,(H,16,17)/t7-/m1/s1. The Morgan fingerprint density at radius 1 is 1.24 bits per heavy atom. The van der Waals surface area contributed by atoms with Crippen LogP contribution < -0.4 is 5.32 Å². The lowest BCUT2D eigenvalue weighted by molar-refractivity contribution is -0.170. The molecule has 6 heteroatoms. The van der Waals surface area contributed by atoms with E-state index in [2.05, 4.69) is 0 Å². The van der Waals surface area contributed by atoms with E-state index in [4.69, 9.17) is 0 Å². The third kappa shape index (κ3) is 3.18. The maximum Gasteiger partial charge on any atom is 0.383 e. The Kier molecular flexibility index (Phi) is 4.09. The van der Waals surface area contributed by atoms with Crippen LogP contribution in [0, 0.1) is 0 Å². The van der Waals surface area contributed by atoms with Crippen LogP contribution in [0.2, 0.25) is 0 Å². The molecule has 0 aromatic heterocycles. The average Bonchev–Trinajstić information content (AvgIpc) is 2.29. The Labute approximate surface area is 95.6 Å². The molecule has 0 spiro atoms. The zero-order valence-corrected chi connectivity index (χ0v) is 8.96. The molecule has 1 atom stereocenters. The topological polar surface area (TPSA) is 29.1 Å². The van der Waals surface area contributed by atoms with Gasteiger partial charge in [0, 0.05) is 0 Å². The Balaban J connectivity index is 2.70. The van der Waals surface area contributed by atoms with Gasteiger partial charge in [0.1, 0.15) is 0 Å². The molecule has 1 amide bonds. The third-order valence-corrected chi connectivity index (χ3v) is 2.22. The summed E-state index contributed by atoms with van der Waals surface area (Å²) in [5.74, 6) is -6.63. The van der Waals surface area contributed by atoms with E-state index in [1.807, 2.05) is 5.32 Å². The Morgan fingerprint density at radius 2 is 1.76 bits per heavy atom. The van der Waals surface area contributed by atoms with Crippen LogP contribution >= 0.6 is 0 Å². The number of carbonyl (C=O) groups is 1.